The number of allylic oxidation sites excluding steroid dienone is 1. The number of nitrogens with one attached hydrogen (secondary N) is 1. The van der Waals surface area contributed by atoms with Crippen molar-refractivity contribution >= 4 is 11.5 Å². The largest absolute Gasteiger partial charge is 0.490 e. The van der Waals surface area contributed by atoms with E-state index >= 15 is 0 Å². The Morgan fingerprint density at radius 3 is 2.64 bits per heavy atom. The van der Waals surface area contributed by atoms with Gasteiger partial charge in [-0.3, -0.25) is 4.79 Å². The first-order valence-electron chi connectivity index (χ1n) is 8.47. The molecule has 0 saturated carbocycles. The number of methoxy groups -OCH3 is 1. The number of benzene rings is 1. The first-order chi connectivity index (χ1) is 11.8. The van der Waals surface area contributed by atoms with E-state index in [2.05, 4.69) is 12.2 Å². The van der Waals surface area contributed by atoms with E-state index in [1.165, 1.54) is 0 Å². The summed E-state index contributed by atoms with van der Waals surface area (Å²) in [5, 5.41) is 2.80. The van der Waals surface area contributed by atoms with Crippen LogP contribution in [-0.2, 0) is 4.74 Å². The lowest BCUT2D eigenvalue weighted by atomic mass is 9.87. The van der Waals surface area contributed by atoms with Crippen molar-refractivity contribution in [3.05, 3.63) is 28.8 Å². The van der Waals surface area contributed by atoms with Gasteiger partial charge in [0.25, 0.3) is 5.91 Å². The second-order valence-electron chi connectivity index (χ2n) is 6.59. The lowest BCUT2D eigenvalue weighted by Gasteiger charge is -2.35. The molecule has 25 heavy (non-hydrogen) atoms. The Kier molecular flexibility index (Phi) is 6.08. The van der Waals surface area contributed by atoms with Gasteiger partial charge in [0.1, 0.15) is 23.7 Å². The van der Waals surface area contributed by atoms with Gasteiger partial charge >= 0.3 is 0 Å². The molecular formula is C19H28N2O4. The monoisotopic (exact) mass is 348 g/mol. The van der Waals surface area contributed by atoms with Crippen molar-refractivity contribution in [3.63, 3.8) is 0 Å². The molecule has 0 spiro atoms. The highest BCUT2D eigenvalue weighted by molar-refractivity contribution is 5.98. The molecule has 1 amide bonds. The zero-order valence-electron chi connectivity index (χ0n) is 15.7. The van der Waals surface area contributed by atoms with Gasteiger partial charge in [0.15, 0.2) is 0 Å². The van der Waals surface area contributed by atoms with E-state index in [0.717, 1.165) is 22.5 Å². The van der Waals surface area contributed by atoms with Crippen LogP contribution in [0.2, 0.25) is 0 Å². The minimum absolute atomic E-state index is 0.212. The molecule has 1 aromatic rings. The lowest BCUT2D eigenvalue weighted by molar-refractivity contribution is 0.0946. The van der Waals surface area contributed by atoms with Gasteiger partial charge in [-0.25, -0.2) is 0 Å². The first-order valence-corrected chi connectivity index (χ1v) is 8.47. The normalized spacial score (nSPS) is 15.4. The Hall–Kier alpha value is -2.05. The predicted molar refractivity (Wildman–Crippen MR) is 98.2 cm³/mol. The van der Waals surface area contributed by atoms with Gasteiger partial charge in [0.05, 0.1) is 12.2 Å². The highest BCUT2D eigenvalue weighted by Gasteiger charge is 2.32. The van der Waals surface area contributed by atoms with Crippen molar-refractivity contribution < 1.29 is 19.0 Å². The van der Waals surface area contributed by atoms with Crippen molar-refractivity contribution in [2.75, 3.05) is 33.4 Å². The smallest absolute Gasteiger partial charge is 0.255 e. The van der Waals surface area contributed by atoms with Gasteiger partial charge < -0.3 is 25.3 Å². The highest BCUT2D eigenvalue weighted by Crippen LogP contribution is 2.43. The quantitative estimate of drug-likeness (QED) is 0.739. The van der Waals surface area contributed by atoms with Gasteiger partial charge in [-0.1, -0.05) is 0 Å². The predicted octanol–water partition coefficient (Wildman–Crippen LogP) is 2.36. The number of amides is 1. The van der Waals surface area contributed by atoms with E-state index in [1.54, 1.807) is 13.2 Å². The van der Waals surface area contributed by atoms with Crippen LogP contribution >= 0.6 is 0 Å². The van der Waals surface area contributed by atoms with Gasteiger partial charge in [0.2, 0.25) is 0 Å². The zero-order chi connectivity index (χ0) is 18.6. The van der Waals surface area contributed by atoms with E-state index < -0.39 is 5.60 Å². The summed E-state index contributed by atoms with van der Waals surface area (Å²) in [6, 6.07) is 3.62. The maximum atomic E-state index is 12.5. The molecule has 138 valence electrons. The van der Waals surface area contributed by atoms with Gasteiger partial charge in [-0.05, 0) is 44.9 Å². The fraction of sp³-hybridized carbons (Fsp3) is 0.526. The molecule has 1 aliphatic rings. The Morgan fingerprint density at radius 1 is 1.28 bits per heavy atom. The fourth-order valence-corrected chi connectivity index (χ4v) is 2.76. The molecule has 1 heterocycles. The van der Waals surface area contributed by atoms with Gasteiger partial charge in [-0.2, -0.15) is 0 Å². The van der Waals surface area contributed by atoms with Crippen LogP contribution in [0.5, 0.6) is 11.5 Å². The number of fused-ring (bicyclic) bond motifs is 1. The molecule has 0 aromatic heterocycles. The average Bonchev–Trinajstić information content (AvgIpc) is 2.57. The SMILES string of the molecule is COCCOc1cc2c(cc1C(=O)NCCN)C(C)=C(C)C(C)(C)O2. The summed E-state index contributed by atoms with van der Waals surface area (Å²) in [6.07, 6.45) is 0. The lowest BCUT2D eigenvalue weighted by Crippen LogP contribution is -2.34. The van der Waals surface area contributed by atoms with E-state index in [9.17, 15) is 4.79 Å². The van der Waals surface area contributed by atoms with Crippen LogP contribution in [0, 0.1) is 0 Å². The van der Waals surface area contributed by atoms with Crippen molar-refractivity contribution in [1.29, 1.82) is 0 Å². The number of hydrogen-bond donors (Lipinski definition) is 2. The van der Waals surface area contributed by atoms with Crippen molar-refractivity contribution in [1.82, 2.24) is 5.32 Å². The number of nitrogens with two attached hydrogens (primary N) is 1. The Bertz CT molecular complexity index is 680. The molecule has 0 fully saturated rings. The topological polar surface area (TPSA) is 82.8 Å². The maximum absolute atomic E-state index is 12.5. The average molecular weight is 348 g/mol. The van der Waals surface area contributed by atoms with E-state index in [0.29, 0.717) is 37.6 Å². The van der Waals surface area contributed by atoms with Crippen LogP contribution in [0.1, 0.15) is 43.6 Å². The molecule has 0 unspecified atom stereocenters. The van der Waals surface area contributed by atoms with Crippen LogP contribution in [0.25, 0.3) is 5.57 Å². The summed E-state index contributed by atoms with van der Waals surface area (Å²) >= 11 is 0. The Balaban J connectivity index is 2.47. The number of hydrogen-bond acceptors (Lipinski definition) is 5. The van der Waals surface area contributed by atoms with Crippen LogP contribution < -0.4 is 20.5 Å². The Morgan fingerprint density at radius 2 is 2.00 bits per heavy atom. The number of carbonyl (C=O) groups is 1. The molecule has 1 aromatic carbocycles. The summed E-state index contributed by atoms with van der Waals surface area (Å²) in [5.41, 5.74) is 8.72. The van der Waals surface area contributed by atoms with Crippen LogP contribution in [0.15, 0.2) is 17.7 Å². The molecule has 2 rings (SSSR count). The number of carbonyl (C=O) groups excluding carboxylic acids is 1. The molecule has 0 atom stereocenters. The van der Waals surface area contributed by atoms with Crippen LogP contribution in [0.4, 0.5) is 0 Å². The summed E-state index contributed by atoms with van der Waals surface area (Å²) in [5.74, 6) is 0.986. The minimum Gasteiger partial charge on any atom is -0.490 e. The van der Waals surface area contributed by atoms with E-state index in [-0.39, 0.29) is 5.91 Å². The van der Waals surface area contributed by atoms with Gasteiger partial charge in [0, 0.05) is 31.8 Å². The van der Waals surface area contributed by atoms with Crippen molar-refractivity contribution in [2.45, 2.75) is 33.3 Å². The summed E-state index contributed by atoms with van der Waals surface area (Å²) in [4.78, 5) is 12.5. The minimum atomic E-state index is -0.399. The molecule has 1 aliphatic heterocycles. The number of ether oxygens (including phenoxy) is 3. The summed E-state index contributed by atoms with van der Waals surface area (Å²) < 4.78 is 16.9. The maximum Gasteiger partial charge on any atom is 0.255 e. The standard InChI is InChI=1S/C19H28N2O4/c1-12-13(2)19(3,4)25-17-11-16(24-9-8-23-5)15(10-14(12)17)18(22)21-7-6-20/h10-11H,6-9,20H2,1-5H3,(H,21,22). The highest BCUT2D eigenvalue weighted by atomic mass is 16.5. The van der Waals surface area contributed by atoms with E-state index in [1.807, 2.05) is 26.8 Å². The molecule has 0 radical (unpaired) electrons. The van der Waals surface area contributed by atoms with Crippen LogP contribution in [-0.4, -0.2) is 44.9 Å². The third kappa shape index (κ3) is 4.14. The van der Waals surface area contributed by atoms with Crippen molar-refractivity contribution in [3.8, 4) is 11.5 Å². The summed E-state index contributed by atoms with van der Waals surface area (Å²) in [7, 11) is 1.60. The third-order valence-corrected chi connectivity index (χ3v) is 4.54. The molecule has 0 aliphatic carbocycles. The van der Waals surface area contributed by atoms with Crippen LogP contribution in [0.3, 0.4) is 0 Å². The summed E-state index contributed by atoms with van der Waals surface area (Å²) in [6.45, 7) is 9.73. The fourth-order valence-electron chi connectivity index (χ4n) is 2.76. The zero-order valence-corrected chi connectivity index (χ0v) is 15.7. The molecular weight excluding hydrogens is 320 g/mol. The Labute approximate surface area is 149 Å². The van der Waals surface area contributed by atoms with E-state index in [4.69, 9.17) is 19.9 Å². The molecule has 6 heteroatoms. The molecule has 0 saturated heterocycles. The second kappa shape index (κ2) is 7.89. The second-order valence-corrected chi connectivity index (χ2v) is 6.59. The first kappa shape index (κ1) is 19.3. The molecule has 0 bridgehead atoms. The van der Waals surface area contributed by atoms with Crippen molar-refractivity contribution in [2.24, 2.45) is 5.73 Å². The van der Waals surface area contributed by atoms with Gasteiger partial charge in [-0.15, -0.1) is 0 Å². The number of rotatable bonds is 7. The molecule has 3 N–H and O–H groups in total. The third-order valence-electron chi connectivity index (χ3n) is 4.54. The molecule has 6 nitrogen and oxygen atoms in total.